The van der Waals surface area contributed by atoms with E-state index in [4.69, 9.17) is 9.47 Å². The number of hydrogen-bond acceptors (Lipinski definition) is 6. The van der Waals surface area contributed by atoms with Crippen molar-refractivity contribution in [1.29, 1.82) is 0 Å². The van der Waals surface area contributed by atoms with Gasteiger partial charge in [-0.2, -0.15) is 0 Å². The summed E-state index contributed by atoms with van der Waals surface area (Å²) >= 11 is 0. The Bertz CT molecular complexity index is 1650. The highest BCUT2D eigenvalue weighted by molar-refractivity contribution is 7.89. The van der Waals surface area contributed by atoms with Crippen LogP contribution >= 0.6 is 0 Å². The number of ether oxygens (including phenoxy) is 2. The van der Waals surface area contributed by atoms with Crippen molar-refractivity contribution in [3.63, 3.8) is 0 Å². The lowest BCUT2D eigenvalue weighted by Crippen LogP contribution is -2.40. The topological polar surface area (TPSA) is 98.8 Å². The van der Waals surface area contributed by atoms with E-state index >= 15 is 0 Å². The van der Waals surface area contributed by atoms with Crippen LogP contribution < -0.4 is 4.72 Å². The molecule has 0 aliphatic carbocycles. The van der Waals surface area contributed by atoms with Crippen LogP contribution in [-0.4, -0.2) is 38.6 Å². The lowest BCUT2D eigenvalue weighted by atomic mass is 9.92. The molecule has 1 N–H and O–H groups in total. The first-order valence-electron chi connectivity index (χ1n) is 14.8. The van der Waals surface area contributed by atoms with Gasteiger partial charge in [-0.25, -0.2) is 22.3 Å². The zero-order valence-corrected chi connectivity index (χ0v) is 26.4. The molecule has 2 atom stereocenters. The molecule has 0 aromatic heterocycles. The maximum Gasteiger partial charge on any atom is 0.338 e. The highest BCUT2D eigenvalue weighted by atomic mass is 32.2. The number of hydrogen-bond donors (Lipinski definition) is 1. The van der Waals surface area contributed by atoms with Crippen LogP contribution in [0, 0.1) is 11.7 Å². The van der Waals surface area contributed by atoms with E-state index in [-0.39, 0.29) is 24.3 Å². The molecule has 4 aromatic rings. The molecule has 0 heterocycles. The second-order valence-electron chi connectivity index (χ2n) is 11.7. The number of halogens is 1. The summed E-state index contributed by atoms with van der Waals surface area (Å²) in [6, 6.07) is 30.9. The van der Waals surface area contributed by atoms with E-state index in [0.717, 1.165) is 41.0 Å². The van der Waals surface area contributed by atoms with Crippen molar-refractivity contribution in [2.75, 3.05) is 6.54 Å². The van der Waals surface area contributed by atoms with Gasteiger partial charge in [-0.1, -0.05) is 72.8 Å². The van der Waals surface area contributed by atoms with E-state index in [9.17, 15) is 22.4 Å². The first kappa shape index (κ1) is 33.6. The quantitative estimate of drug-likeness (QED) is 0.160. The van der Waals surface area contributed by atoms with Crippen LogP contribution in [0.5, 0.6) is 0 Å². The Labute approximate surface area is 264 Å². The predicted molar refractivity (Wildman–Crippen MR) is 171 cm³/mol. The molecule has 236 valence electrons. The number of benzene rings is 4. The number of nitrogens with one attached hydrogen (secondary N) is 1. The molecule has 0 aliphatic heterocycles. The zero-order valence-electron chi connectivity index (χ0n) is 25.6. The van der Waals surface area contributed by atoms with Gasteiger partial charge in [0.05, 0.1) is 16.4 Å². The second-order valence-corrected chi connectivity index (χ2v) is 13.5. The maximum absolute atomic E-state index is 13.6. The van der Waals surface area contributed by atoms with E-state index in [0.29, 0.717) is 12.0 Å². The number of aryl methyl sites for hydroxylation is 1. The van der Waals surface area contributed by atoms with Gasteiger partial charge in [0.25, 0.3) is 0 Å². The molecule has 0 spiro atoms. The zero-order chi connectivity index (χ0) is 32.5. The van der Waals surface area contributed by atoms with Gasteiger partial charge in [0.1, 0.15) is 17.5 Å². The molecule has 0 saturated carbocycles. The summed E-state index contributed by atoms with van der Waals surface area (Å²) < 4.78 is 53.2. The Kier molecular flexibility index (Phi) is 11.3. The molecule has 0 amide bonds. The average Bonchev–Trinajstić information content (AvgIpc) is 3.02. The normalized spacial score (nSPS) is 13.1. The van der Waals surface area contributed by atoms with Gasteiger partial charge in [0, 0.05) is 6.54 Å². The van der Waals surface area contributed by atoms with E-state index in [1.807, 2.05) is 54.6 Å². The van der Waals surface area contributed by atoms with E-state index in [2.05, 4.69) is 4.72 Å². The molecule has 0 saturated heterocycles. The van der Waals surface area contributed by atoms with Gasteiger partial charge in [-0.05, 0) is 93.1 Å². The van der Waals surface area contributed by atoms with Crippen molar-refractivity contribution in [2.45, 2.75) is 56.6 Å². The molecule has 45 heavy (non-hydrogen) atoms. The Morgan fingerprint density at radius 3 is 1.96 bits per heavy atom. The Balaban J connectivity index is 1.56. The van der Waals surface area contributed by atoms with Gasteiger partial charge < -0.3 is 9.47 Å². The van der Waals surface area contributed by atoms with Crippen molar-refractivity contribution in [3.8, 4) is 11.1 Å². The van der Waals surface area contributed by atoms with E-state index in [1.54, 1.807) is 51.1 Å². The van der Waals surface area contributed by atoms with Gasteiger partial charge in [0.2, 0.25) is 10.0 Å². The van der Waals surface area contributed by atoms with Gasteiger partial charge in [-0.3, -0.25) is 4.79 Å². The van der Waals surface area contributed by atoms with Gasteiger partial charge in [0.15, 0.2) is 0 Å². The average molecular weight is 632 g/mol. The SMILES string of the molecule is CC(C)(C)OC(=O)C(CCNS(=O)(=O)c1ccc(F)cc1)C(CCc1ccc(-c2ccccc2)cc1)OC(=O)c1ccccc1. The number of carbonyl (C=O) groups excluding carboxylic acids is 2. The van der Waals surface area contributed by atoms with E-state index in [1.165, 1.54) is 0 Å². The fraction of sp³-hybridized carbons (Fsp3) is 0.278. The Hall–Kier alpha value is -4.34. The number of sulfonamides is 1. The van der Waals surface area contributed by atoms with Crippen LogP contribution in [-0.2, 0) is 30.7 Å². The molecule has 0 fully saturated rings. The minimum absolute atomic E-state index is 0.00494. The lowest BCUT2D eigenvalue weighted by molar-refractivity contribution is -0.164. The summed E-state index contributed by atoms with van der Waals surface area (Å²) in [4.78, 5) is 26.7. The number of carbonyl (C=O) groups is 2. The number of esters is 2. The van der Waals surface area contributed by atoms with Crippen molar-refractivity contribution < 1.29 is 31.9 Å². The van der Waals surface area contributed by atoms with Crippen LogP contribution in [0.1, 0.15) is 49.5 Å². The van der Waals surface area contributed by atoms with E-state index < -0.39 is 45.4 Å². The Morgan fingerprint density at radius 2 is 1.36 bits per heavy atom. The third kappa shape index (κ3) is 10.1. The molecule has 0 radical (unpaired) electrons. The highest BCUT2D eigenvalue weighted by Gasteiger charge is 2.35. The molecule has 4 aromatic carbocycles. The minimum Gasteiger partial charge on any atom is -0.460 e. The summed E-state index contributed by atoms with van der Waals surface area (Å²) in [5, 5.41) is 0. The maximum atomic E-state index is 13.6. The third-order valence-corrected chi connectivity index (χ3v) is 8.55. The standard InChI is InChI=1S/C36H38FNO6S/c1-36(2,3)44-35(40)32(24-25-38-45(41,42)31-21-19-30(37)20-22-31)33(43-34(39)29-12-8-5-9-13-29)23-16-26-14-17-28(18-15-26)27-10-6-4-7-11-27/h4-15,17-22,32-33,38H,16,23-25H2,1-3H3. The minimum atomic E-state index is -3.98. The van der Waals surface area contributed by atoms with Crippen LogP contribution in [0.2, 0.25) is 0 Å². The number of rotatable bonds is 13. The Morgan fingerprint density at radius 1 is 0.778 bits per heavy atom. The first-order chi connectivity index (χ1) is 21.4. The summed E-state index contributed by atoms with van der Waals surface area (Å²) in [5.41, 5.74) is 2.63. The summed E-state index contributed by atoms with van der Waals surface area (Å²) in [5.74, 6) is -2.73. The molecule has 7 nitrogen and oxygen atoms in total. The first-order valence-corrected chi connectivity index (χ1v) is 16.3. The molecule has 9 heteroatoms. The molecular formula is C36H38FNO6S. The molecule has 4 rings (SSSR count). The van der Waals surface area contributed by atoms with Crippen molar-refractivity contribution in [3.05, 3.63) is 126 Å². The highest BCUT2D eigenvalue weighted by Crippen LogP contribution is 2.26. The fourth-order valence-corrected chi connectivity index (χ4v) is 5.85. The van der Waals surface area contributed by atoms with Crippen molar-refractivity contribution >= 4 is 22.0 Å². The summed E-state index contributed by atoms with van der Waals surface area (Å²) in [6.45, 7) is 5.06. The van der Waals surface area contributed by atoms with Crippen LogP contribution in [0.4, 0.5) is 4.39 Å². The second kappa shape index (κ2) is 15.1. The molecule has 0 bridgehead atoms. The lowest BCUT2D eigenvalue weighted by Gasteiger charge is -2.29. The monoisotopic (exact) mass is 631 g/mol. The molecule has 0 aliphatic rings. The van der Waals surface area contributed by atoms with Gasteiger partial charge in [-0.15, -0.1) is 0 Å². The van der Waals surface area contributed by atoms with Gasteiger partial charge >= 0.3 is 11.9 Å². The largest absolute Gasteiger partial charge is 0.460 e. The molecule has 2 unspecified atom stereocenters. The summed E-state index contributed by atoms with van der Waals surface area (Å²) in [7, 11) is -3.98. The van der Waals surface area contributed by atoms with Crippen LogP contribution in [0.15, 0.2) is 114 Å². The third-order valence-electron chi connectivity index (χ3n) is 7.08. The summed E-state index contributed by atoms with van der Waals surface area (Å²) in [6.07, 6.45) is -0.147. The van der Waals surface area contributed by atoms with Crippen LogP contribution in [0.3, 0.4) is 0 Å². The van der Waals surface area contributed by atoms with Crippen LogP contribution in [0.25, 0.3) is 11.1 Å². The van der Waals surface area contributed by atoms with Crippen molar-refractivity contribution in [1.82, 2.24) is 4.72 Å². The fourth-order valence-electron chi connectivity index (χ4n) is 4.80. The molecular weight excluding hydrogens is 593 g/mol. The van der Waals surface area contributed by atoms with Crippen molar-refractivity contribution in [2.24, 2.45) is 5.92 Å². The smallest absolute Gasteiger partial charge is 0.338 e. The predicted octanol–water partition coefficient (Wildman–Crippen LogP) is 6.98.